The molecule has 0 radical (unpaired) electrons. The van der Waals surface area contributed by atoms with E-state index in [1.807, 2.05) is 0 Å². The van der Waals surface area contributed by atoms with Crippen LogP contribution in [0.25, 0.3) is 0 Å². The SMILES string of the molecule is C[C@]1(C(=O)Nc2cccc(Cl)c2Cl)CC1(Cl)Cl. The molecule has 1 fully saturated rings. The van der Waals surface area contributed by atoms with Gasteiger partial charge in [0.25, 0.3) is 0 Å². The fourth-order valence-electron chi connectivity index (χ4n) is 1.51. The Morgan fingerprint density at radius 3 is 2.47 bits per heavy atom. The lowest BCUT2D eigenvalue weighted by Gasteiger charge is -2.13. The lowest BCUT2D eigenvalue weighted by molar-refractivity contribution is -0.120. The van der Waals surface area contributed by atoms with Gasteiger partial charge < -0.3 is 5.32 Å². The van der Waals surface area contributed by atoms with E-state index >= 15 is 0 Å². The minimum absolute atomic E-state index is 0.258. The van der Waals surface area contributed by atoms with Crippen LogP contribution in [0.1, 0.15) is 13.3 Å². The Bertz CT molecular complexity index is 488. The van der Waals surface area contributed by atoms with Crippen LogP contribution in [0.15, 0.2) is 18.2 Å². The van der Waals surface area contributed by atoms with Crippen molar-refractivity contribution in [3.8, 4) is 0 Å². The Morgan fingerprint density at radius 1 is 1.35 bits per heavy atom. The number of hydrogen-bond acceptors (Lipinski definition) is 1. The number of alkyl halides is 2. The van der Waals surface area contributed by atoms with E-state index in [1.165, 1.54) is 0 Å². The molecule has 1 saturated carbocycles. The molecule has 0 unspecified atom stereocenters. The Balaban J connectivity index is 2.18. The number of nitrogens with one attached hydrogen (secondary N) is 1. The molecule has 0 spiro atoms. The zero-order valence-electron chi connectivity index (χ0n) is 8.86. The predicted molar refractivity (Wildman–Crippen MR) is 72.3 cm³/mol. The molecule has 0 aliphatic heterocycles. The molecule has 17 heavy (non-hydrogen) atoms. The van der Waals surface area contributed by atoms with E-state index in [-0.39, 0.29) is 5.91 Å². The third-order valence-electron chi connectivity index (χ3n) is 2.96. The normalized spacial score (nSPS) is 25.5. The number of amides is 1. The van der Waals surface area contributed by atoms with Gasteiger partial charge in [-0.1, -0.05) is 29.3 Å². The van der Waals surface area contributed by atoms with Crippen molar-refractivity contribution < 1.29 is 4.79 Å². The van der Waals surface area contributed by atoms with Gasteiger partial charge in [-0.05, 0) is 25.5 Å². The summed E-state index contributed by atoms with van der Waals surface area (Å²) < 4.78 is -0.998. The molecule has 92 valence electrons. The first-order chi connectivity index (χ1) is 7.78. The van der Waals surface area contributed by atoms with Crippen LogP contribution in [0.3, 0.4) is 0 Å². The minimum atomic E-state index is -0.998. The highest BCUT2D eigenvalue weighted by molar-refractivity contribution is 6.53. The average Bonchev–Trinajstić information content (AvgIpc) is 2.75. The van der Waals surface area contributed by atoms with Crippen molar-refractivity contribution in [3.05, 3.63) is 28.2 Å². The standard InChI is InChI=1S/C11H9Cl4NO/c1-10(5-11(10,14)15)9(17)16-7-4-2-3-6(12)8(7)13/h2-4H,5H2,1H3,(H,16,17)/t10-/m1/s1. The largest absolute Gasteiger partial charge is 0.324 e. The van der Waals surface area contributed by atoms with Crippen LogP contribution >= 0.6 is 46.4 Å². The maximum absolute atomic E-state index is 12.0. The molecule has 2 nitrogen and oxygen atoms in total. The second-order valence-corrected chi connectivity index (χ2v) is 6.54. The molecule has 0 aromatic heterocycles. The third-order valence-corrected chi connectivity index (χ3v) is 4.88. The molecule has 1 atom stereocenters. The lowest BCUT2D eigenvalue weighted by Crippen LogP contribution is -2.26. The van der Waals surface area contributed by atoms with E-state index in [0.717, 1.165) is 0 Å². The summed E-state index contributed by atoms with van der Waals surface area (Å²) in [6, 6.07) is 5.02. The zero-order valence-corrected chi connectivity index (χ0v) is 11.9. The molecule has 2 rings (SSSR count). The lowest BCUT2D eigenvalue weighted by atomic mass is 10.1. The highest BCUT2D eigenvalue weighted by atomic mass is 35.5. The van der Waals surface area contributed by atoms with Crippen molar-refractivity contribution in [1.29, 1.82) is 0 Å². The van der Waals surface area contributed by atoms with Gasteiger partial charge in [0.1, 0.15) is 4.33 Å². The van der Waals surface area contributed by atoms with Crippen LogP contribution in [-0.2, 0) is 4.79 Å². The van der Waals surface area contributed by atoms with Gasteiger partial charge in [-0.25, -0.2) is 0 Å². The summed E-state index contributed by atoms with van der Waals surface area (Å²) in [7, 11) is 0. The maximum Gasteiger partial charge on any atom is 0.233 e. The second kappa shape index (κ2) is 4.20. The maximum atomic E-state index is 12.0. The van der Waals surface area contributed by atoms with Crippen molar-refractivity contribution in [2.24, 2.45) is 5.41 Å². The summed E-state index contributed by atoms with van der Waals surface area (Å²) in [5.74, 6) is -0.258. The van der Waals surface area contributed by atoms with Crippen molar-refractivity contribution in [2.75, 3.05) is 5.32 Å². The first-order valence-electron chi connectivity index (χ1n) is 4.91. The van der Waals surface area contributed by atoms with Crippen LogP contribution in [-0.4, -0.2) is 10.2 Å². The van der Waals surface area contributed by atoms with Crippen molar-refractivity contribution >= 4 is 58.0 Å². The molecule has 0 heterocycles. The van der Waals surface area contributed by atoms with Gasteiger partial charge in [0, 0.05) is 0 Å². The van der Waals surface area contributed by atoms with Crippen molar-refractivity contribution in [1.82, 2.24) is 0 Å². The van der Waals surface area contributed by atoms with E-state index in [4.69, 9.17) is 46.4 Å². The molecule has 1 N–H and O–H groups in total. The topological polar surface area (TPSA) is 29.1 Å². The first-order valence-corrected chi connectivity index (χ1v) is 6.42. The van der Waals surface area contributed by atoms with Crippen LogP contribution < -0.4 is 5.32 Å². The van der Waals surface area contributed by atoms with Crippen molar-refractivity contribution in [2.45, 2.75) is 17.7 Å². The number of carbonyl (C=O) groups is 1. The van der Waals surface area contributed by atoms with E-state index in [0.29, 0.717) is 22.2 Å². The molecule has 1 aliphatic carbocycles. The molecule has 0 saturated heterocycles. The van der Waals surface area contributed by atoms with Gasteiger partial charge in [-0.15, -0.1) is 23.2 Å². The number of carbonyl (C=O) groups excluding carboxylic acids is 1. The number of halogens is 4. The monoisotopic (exact) mass is 311 g/mol. The quantitative estimate of drug-likeness (QED) is 0.799. The molecule has 1 aliphatic rings. The summed E-state index contributed by atoms with van der Waals surface area (Å²) in [6.45, 7) is 1.71. The third kappa shape index (κ3) is 2.24. The summed E-state index contributed by atoms with van der Waals surface area (Å²) in [5.41, 5.74) is -0.316. The fourth-order valence-corrected chi connectivity index (χ4v) is 2.56. The molecular weight excluding hydrogens is 304 g/mol. The average molecular weight is 313 g/mol. The van der Waals surface area contributed by atoms with Crippen molar-refractivity contribution in [3.63, 3.8) is 0 Å². The number of anilines is 1. The van der Waals surface area contributed by atoms with Gasteiger partial charge in [-0.3, -0.25) is 4.79 Å². The summed E-state index contributed by atoms with van der Waals surface area (Å²) in [6.07, 6.45) is 0.424. The number of benzene rings is 1. The molecule has 1 aromatic carbocycles. The Morgan fingerprint density at radius 2 is 1.94 bits per heavy atom. The van der Waals surface area contributed by atoms with Gasteiger partial charge in [0.2, 0.25) is 5.91 Å². The Hall–Kier alpha value is -0.150. The van der Waals surface area contributed by atoms with Crippen LogP contribution in [0.2, 0.25) is 10.0 Å². The Labute approximate surface area is 119 Å². The molecule has 1 aromatic rings. The zero-order chi connectivity index (χ0) is 12.8. The van der Waals surface area contributed by atoms with Gasteiger partial charge in [0.05, 0.1) is 21.1 Å². The van der Waals surface area contributed by atoms with E-state index in [2.05, 4.69) is 5.32 Å². The van der Waals surface area contributed by atoms with Crippen LogP contribution in [0.5, 0.6) is 0 Å². The van der Waals surface area contributed by atoms with Gasteiger partial charge in [-0.2, -0.15) is 0 Å². The predicted octanol–water partition coefficient (Wildman–Crippen LogP) is 4.52. The molecule has 6 heteroatoms. The highest BCUT2D eigenvalue weighted by Gasteiger charge is 2.67. The Kier molecular flexibility index (Phi) is 3.28. The number of hydrogen-bond donors (Lipinski definition) is 1. The summed E-state index contributed by atoms with van der Waals surface area (Å²) in [5, 5.41) is 3.37. The van der Waals surface area contributed by atoms with Gasteiger partial charge in [0.15, 0.2) is 0 Å². The van der Waals surface area contributed by atoms with E-state index < -0.39 is 9.75 Å². The second-order valence-electron chi connectivity index (χ2n) is 4.27. The summed E-state index contributed by atoms with van der Waals surface area (Å²) in [4.78, 5) is 12.0. The highest BCUT2D eigenvalue weighted by Crippen LogP contribution is 2.64. The smallest absolute Gasteiger partial charge is 0.233 e. The van der Waals surface area contributed by atoms with E-state index in [1.54, 1.807) is 25.1 Å². The van der Waals surface area contributed by atoms with Crippen LogP contribution in [0.4, 0.5) is 5.69 Å². The first kappa shape index (κ1) is 13.3. The summed E-state index contributed by atoms with van der Waals surface area (Å²) >= 11 is 23.7. The van der Waals surface area contributed by atoms with Crippen LogP contribution in [0, 0.1) is 5.41 Å². The number of rotatable bonds is 2. The molecular formula is C11H9Cl4NO. The van der Waals surface area contributed by atoms with E-state index in [9.17, 15) is 4.79 Å². The fraction of sp³-hybridized carbons (Fsp3) is 0.364. The molecule has 0 bridgehead atoms. The molecule has 1 amide bonds. The minimum Gasteiger partial charge on any atom is -0.324 e. The van der Waals surface area contributed by atoms with Gasteiger partial charge >= 0.3 is 0 Å².